The summed E-state index contributed by atoms with van der Waals surface area (Å²) < 4.78 is 40.5. The van der Waals surface area contributed by atoms with Crippen LogP contribution in [0.4, 0.5) is 19.0 Å². The average molecular weight is 408 g/mol. The van der Waals surface area contributed by atoms with Gasteiger partial charge in [-0.2, -0.15) is 18.3 Å². The number of fused-ring (bicyclic) bond motifs is 1. The topological polar surface area (TPSA) is 50.2 Å². The normalized spacial score (nSPS) is 15.4. The molecule has 5 nitrogen and oxygen atoms in total. The maximum Gasteiger partial charge on any atom is 0.416 e. The first-order valence-electron chi connectivity index (χ1n) is 9.60. The summed E-state index contributed by atoms with van der Waals surface area (Å²) >= 11 is 0. The summed E-state index contributed by atoms with van der Waals surface area (Å²) in [6, 6.07) is 5.34. The van der Waals surface area contributed by atoms with E-state index in [4.69, 9.17) is 0 Å². The Hall–Kier alpha value is -2.77. The lowest BCUT2D eigenvalue weighted by molar-refractivity contribution is -0.137. The third-order valence-corrected chi connectivity index (χ3v) is 4.64. The molecule has 3 rings (SSSR count). The highest BCUT2D eigenvalue weighted by molar-refractivity contribution is 5.86. The van der Waals surface area contributed by atoms with Gasteiger partial charge in [-0.05, 0) is 17.7 Å². The van der Waals surface area contributed by atoms with Gasteiger partial charge >= 0.3 is 6.18 Å². The van der Waals surface area contributed by atoms with Crippen LogP contribution in [-0.2, 0) is 23.9 Å². The van der Waals surface area contributed by atoms with E-state index in [0.717, 1.165) is 17.4 Å². The van der Waals surface area contributed by atoms with Gasteiger partial charge in [0.15, 0.2) is 0 Å². The quantitative estimate of drug-likeness (QED) is 0.755. The predicted molar refractivity (Wildman–Crippen MR) is 108 cm³/mol. The molecule has 0 aliphatic carbocycles. The Balaban J connectivity index is 0.00000145. The van der Waals surface area contributed by atoms with Crippen LogP contribution in [0.5, 0.6) is 0 Å². The van der Waals surface area contributed by atoms with Gasteiger partial charge in [-0.3, -0.25) is 4.79 Å². The molecule has 1 aromatic carbocycles. The number of nitrogens with zero attached hydrogens (tertiary/aromatic N) is 3. The van der Waals surface area contributed by atoms with Crippen LogP contribution in [0.25, 0.3) is 0 Å². The molecule has 2 aromatic rings. The molecular formula is C21H27F3N4O. The highest BCUT2D eigenvalue weighted by atomic mass is 19.4. The van der Waals surface area contributed by atoms with E-state index in [0.29, 0.717) is 31.6 Å². The molecule has 1 aromatic heterocycles. The molecule has 0 saturated carbocycles. The number of hydrogen-bond donors (Lipinski definition) is 1. The maximum absolute atomic E-state index is 12.9. The summed E-state index contributed by atoms with van der Waals surface area (Å²) in [5.74, 6) is 0.876. The van der Waals surface area contributed by atoms with Crippen molar-refractivity contribution in [2.24, 2.45) is 5.92 Å². The second-order valence-corrected chi connectivity index (χ2v) is 6.75. The number of hydrogen-bond acceptors (Lipinski definition) is 3. The zero-order valence-corrected chi connectivity index (χ0v) is 17.0. The Morgan fingerprint density at radius 1 is 1.41 bits per heavy atom. The van der Waals surface area contributed by atoms with Crippen molar-refractivity contribution < 1.29 is 18.0 Å². The van der Waals surface area contributed by atoms with Gasteiger partial charge in [-0.15, -0.1) is 0 Å². The van der Waals surface area contributed by atoms with E-state index in [1.807, 2.05) is 18.5 Å². The fourth-order valence-corrected chi connectivity index (χ4v) is 3.28. The average Bonchev–Trinajstić information content (AvgIpc) is 3.10. The fourth-order valence-electron chi connectivity index (χ4n) is 3.28. The molecule has 0 bridgehead atoms. The molecule has 0 spiro atoms. The Morgan fingerprint density at radius 3 is 2.79 bits per heavy atom. The minimum Gasteiger partial charge on any atom is -0.370 e. The lowest BCUT2D eigenvalue weighted by Crippen LogP contribution is -2.38. The van der Waals surface area contributed by atoms with Gasteiger partial charge in [-0.1, -0.05) is 38.6 Å². The number of alkyl halides is 3. The maximum atomic E-state index is 12.9. The van der Waals surface area contributed by atoms with Crippen molar-refractivity contribution in [3.8, 4) is 0 Å². The fraction of sp³-hybridized carbons (Fsp3) is 0.429. The number of likely N-dealkylation sites (N-methyl/N-ethyl adjacent to an activating group) is 1. The van der Waals surface area contributed by atoms with Gasteiger partial charge in [0, 0.05) is 44.6 Å². The number of carbonyl (C=O) groups is 1. The molecule has 1 unspecified atom stereocenters. The number of aromatic nitrogens is 2. The Labute approximate surface area is 169 Å². The lowest BCUT2D eigenvalue weighted by Gasteiger charge is -2.29. The molecule has 1 aliphatic heterocycles. The highest BCUT2D eigenvalue weighted by Gasteiger charge is 2.30. The van der Waals surface area contributed by atoms with E-state index < -0.39 is 11.7 Å². The molecule has 1 amide bonds. The van der Waals surface area contributed by atoms with Crippen LogP contribution < -0.4 is 5.32 Å². The predicted octanol–water partition coefficient (Wildman–Crippen LogP) is 4.21. The van der Waals surface area contributed by atoms with E-state index >= 15 is 0 Å². The minimum atomic E-state index is -4.35. The molecule has 1 N–H and O–H groups in total. The van der Waals surface area contributed by atoms with Crippen LogP contribution >= 0.6 is 0 Å². The third kappa shape index (κ3) is 5.62. The van der Waals surface area contributed by atoms with E-state index in [1.165, 1.54) is 18.2 Å². The van der Waals surface area contributed by atoms with Gasteiger partial charge < -0.3 is 10.2 Å². The van der Waals surface area contributed by atoms with Crippen molar-refractivity contribution >= 4 is 11.7 Å². The molecule has 2 heterocycles. The van der Waals surface area contributed by atoms with Gasteiger partial charge in [0.05, 0.1) is 11.8 Å². The zero-order chi connectivity index (χ0) is 21.6. The van der Waals surface area contributed by atoms with Crippen LogP contribution in [0.3, 0.4) is 0 Å². The van der Waals surface area contributed by atoms with Crippen LogP contribution in [0.15, 0.2) is 43.1 Å². The zero-order valence-electron chi connectivity index (χ0n) is 17.0. The third-order valence-electron chi connectivity index (χ3n) is 4.64. The molecule has 158 valence electrons. The van der Waals surface area contributed by atoms with Crippen LogP contribution in [0.2, 0.25) is 0 Å². The summed E-state index contributed by atoms with van der Waals surface area (Å²) in [4.78, 5) is 13.2. The highest BCUT2D eigenvalue weighted by Crippen LogP contribution is 2.31. The van der Waals surface area contributed by atoms with Crippen LogP contribution in [-0.4, -0.2) is 40.7 Å². The second kappa shape index (κ2) is 9.62. The number of halogens is 3. The summed E-state index contributed by atoms with van der Waals surface area (Å²) in [6.45, 7) is 9.35. The first kappa shape index (κ1) is 22.5. The monoisotopic (exact) mass is 408 g/mol. The van der Waals surface area contributed by atoms with Gasteiger partial charge in [0.2, 0.25) is 5.91 Å². The summed E-state index contributed by atoms with van der Waals surface area (Å²) in [7, 11) is 1.72. The SMILES string of the molecule is C=CC(=O)N(C)CC1CNc2c(Cc3cccc(C(F)(F)F)c3)cnn2C1.CC. The van der Waals surface area contributed by atoms with Gasteiger partial charge in [0.25, 0.3) is 0 Å². The molecule has 0 radical (unpaired) electrons. The molecule has 1 atom stereocenters. The van der Waals surface area contributed by atoms with Crippen molar-refractivity contribution in [2.75, 3.05) is 25.5 Å². The number of carbonyl (C=O) groups excluding carboxylic acids is 1. The van der Waals surface area contributed by atoms with E-state index in [2.05, 4.69) is 17.0 Å². The van der Waals surface area contributed by atoms with Gasteiger partial charge in [0.1, 0.15) is 5.82 Å². The first-order valence-corrected chi connectivity index (χ1v) is 9.60. The minimum absolute atomic E-state index is 0.133. The number of nitrogens with one attached hydrogen (secondary N) is 1. The standard InChI is InChI=1S/C19H21F3N4O.C2H6/c1-3-17(27)25(2)11-14-9-23-18-15(10-24-26(18)12-14)7-13-5-4-6-16(8-13)19(20,21)22;1-2/h3-6,8,10,14,23H,1,7,9,11-12H2,2H3;1-2H3. The summed E-state index contributed by atoms with van der Waals surface area (Å²) in [6.07, 6.45) is -1.02. The Bertz CT molecular complexity index is 845. The number of rotatable bonds is 5. The second-order valence-electron chi connectivity index (χ2n) is 6.75. The first-order chi connectivity index (χ1) is 13.8. The van der Waals surface area contributed by atoms with E-state index in [9.17, 15) is 18.0 Å². The van der Waals surface area contributed by atoms with Crippen LogP contribution in [0.1, 0.15) is 30.5 Å². The molecule has 0 saturated heterocycles. The van der Waals surface area contributed by atoms with Crippen molar-refractivity contribution in [3.63, 3.8) is 0 Å². The van der Waals surface area contributed by atoms with Crippen LogP contribution in [0, 0.1) is 5.92 Å². The number of anilines is 1. The largest absolute Gasteiger partial charge is 0.416 e. The number of benzene rings is 1. The molecule has 0 fully saturated rings. The van der Waals surface area contributed by atoms with Gasteiger partial charge in [-0.25, -0.2) is 4.68 Å². The molecule has 1 aliphatic rings. The van der Waals surface area contributed by atoms with Crippen molar-refractivity contribution in [2.45, 2.75) is 33.0 Å². The van der Waals surface area contributed by atoms with Crippen molar-refractivity contribution in [1.82, 2.24) is 14.7 Å². The molecular weight excluding hydrogens is 381 g/mol. The Kier molecular flexibility index (Phi) is 7.47. The van der Waals surface area contributed by atoms with Crippen molar-refractivity contribution in [3.05, 3.63) is 59.8 Å². The molecule has 29 heavy (non-hydrogen) atoms. The van der Waals surface area contributed by atoms with E-state index in [1.54, 1.807) is 24.2 Å². The summed E-state index contributed by atoms with van der Waals surface area (Å²) in [5.41, 5.74) is 0.785. The Morgan fingerprint density at radius 2 is 2.14 bits per heavy atom. The summed E-state index contributed by atoms with van der Waals surface area (Å²) in [5, 5.41) is 7.66. The smallest absolute Gasteiger partial charge is 0.370 e. The van der Waals surface area contributed by atoms with Crippen molar-refractivity contribution in [1.29, 1.82) is 0 Å². The van der Waals surface area contributed by atoms with E-state index in [-0.39, 0.29) is 11.8 Å². The number of amides is 1. The lowest BCUT2D eigenvalue weighted by atomic mass is 10.0. The molecule has 8 heteroatoms.